The molecule has 0 bridgehead atoms. The van der Waals surface area contributed by atoms with E-state index < -0.39 is 27.4 Å². The van der Waals surface area contributed by atoms with Crippen molar-refractivity contribution in [2.75, 3.05) is 11.4 Å². The first kappa shape index (κ1) is 17.6. The first-order valence-electron chi connectivity index (χ1n) is 6.90. The van der Waals surface area contributed by atoms with E-state index in [1.807, 2.05) is 0 Å². The summed E-state index contributed by atoms with van der Waals surface area (Å²) in [7, 11) is -3.14. The van der Waals surface area contributed by atoms with Crippen molar-refractivity contribution < 1.29 is 23.1 Å². The molecule has 0 radical (unpaired) electrons. The molecule has 0 aliphatic carbocycles. The average molecular weight is 400 g/mol. The van der Waals surface area contributed by atoms with E-state index in [1.54, 1.807) is 6.07 Å². The Bertz CT molecular complexity index is 1020. The number of hydrogen-bond acceptors (Lipinski definition) is 5. The molecule has 9 heteroatoms. The molecule has 1 aliphatic heterocycles. The molecule has 1 N–H and O–H groups in total. The highest BCUT2D eigenvalue weighted by Crippen LogP contribution is 2.42. The van der Waals surface area contributed by atoms with Crippen LogP contribution in [-0.2, 0) is 19.6 Å². The molecule has 0 spiro atoms. The highest BCUT2D eigenvalue weighted by atomic mass is 35.5. The number of aliphatic hydroxyl groups is 1. The Balaban J connectivity index is 2.40. The fourth-order valence-corrected chi connectivity index (χ4v) is 4.75. The van der Waals surface area contributed by atoms with E-state index in [1.165, 1.54) is 36.4 Å². The van der Waals surface area contributed by atoms with Crippen molar-refractivity contribution in [2.45, 2.75) is 4.90 Å². The zero-order valence-corrected chi connectivity index (χ0v) is 15.1. The largest absolute Gasteiger partial charge is 0.505 e. The Morgan fingerprint density at radius 1 is 1.16 bits per heavy atom. The number of nitrogens with zero attached hydrogens (tertiary/aromatic N) is 1. The molecule has 25 heavy (non-hydrogen) atoms. The second-order valence-corrected chi connectivity index (χ2v) is 7.65. The highest BCUT2D eigenvalue weighted by molar-refractivity contribution is 7.93. The van der Waals surface area contributed by atoms with Gasteiger partial charge in [0.05, 0.1) is 22.7 Å². The Morgan fingerprint density at radius 2 is 1.84 bits per heavy atom. The van der Waals surface area contributed by atoms with Crippen LogP contribution in [0.1, 0.15) is 5.56 Å². The maximum absolute atomic E-state index is 13.1. The van der Waals surface area contributed by atoms with Gasteiger partial charge in [-0.05, 0) is 30.3 Å². The van der Waals surface area contributed by atoms with Gasteiger partial charge in [-0.1, -0.05) is 35.3 Å². The normalized spacial score (nSPS) is 15.7. The van der Waals surface area contributed by atoms with E-state index in [9.17, 15) is 18.3 Å². The van der Waals surface area contributed by atoms with Gasteiger partial charge in [-0.3, -0.25) is 0 Å². The number of fused-ring (bicyclic) bond motifs is 1. The molecule has 0 atom stereocenters. The second-order valence-electron chi connectivity index (χ2n) is 5.05. The second kappa shape index (κ2) is 6.25. The van der Waals surface area contributed by atoms with Crippen molar-refractivity contribution in [3.63, 3.8) is 0 Å². The average Bonchev–Trinajstić information content (AvgIpc) is 2.58. The lowest BCUT2D eigenvalue weighted by molar-refractivity contribution is -0.136. The summed E-state index contributed by atoms with van der Waals surface area (Å²) in [5.41, 5.74) is -0.581. The molecule has 2 aromatic carbocycles. The Kier molecular flexibility index (Phi) is 4.40. The number of ether oxygens (including phenoxy) is 1. The Morgan fingerprint density at radius 3 is 2.48 bits per heavy atom. The number of carbonyl (C=O) groups is 1. The first-order valence-corrected chi connectivity index (χ1v) is 9.10. The van der Waals surface area contributed by atoms with Crippen LogP contribution in [0.3, 0.4) is 0 Å². The van der Waals surface area contributed by atoms with Gasteiger partial charge >= 0.3 is 5.97 Å². The molecule has 0 amide bonds. The van der Waals surface area contributed by atoms with Gasteiger partial charge in [-0.25, -0.2) is 17.5 Å². The summed E-state index contributed by atoms with van der Waals surface area (Å²) in [6.45, 7) is 0. The van der Waals surface area contributed by atoms with Gasteiger partial charge in [0.1, 0.15) is 0 Å². The lowest BCUT2D eigenvalue weighted by Gasteiger charge is -2.31. The molecular formula is C16H11Cl2NO5S. The van der Waals surface area contributed by atoms with Crippen LogP contribution in [0, 0.1) is 0 Å². The molecule has 3 rings (SSSR count). The van der Waals surface area contributed by atoms with E-state index in [2.05, 4.69) is 4.74 Å². The lowest BCUT2D eigenvalue weighted by Crippen LogP contribution is -2.38. The van der Waals surface area contributed by atoms with Crippen LogP contribution in [-0.4, -0.2) is 26.6 Å². The topological polar surface area (TPSA) is 83.9 Å². The van der Waals surface area contributed by atoms with Crippen LogP contribution >= 0.6 is 23.2 Å². The number of benzene rings is 2. The minimum atomic E-state index is -4.22. The van der Waals surface area contributed by atoms with Gasteiger partial charge in [-0.15, -0.1) is 0 Å². The molecule has 0 fully saturated rings. The van der Waals surface area contributed by atoms with Crippen LogP contribution in [0.15, 0.2) is 53.1 Å². The first-order chi connectivity index (χ1) is 11.8. The Hall–Kier alpha value is -2.22. The number of carbonyl (C=O) groups excluding carboxylic acids is 1. The third kappa shape index (κ3) is 2.74. The summed E-state index contributed by atoms with van der Waals surface area (Å²) in [5.74, 6) is -1.55. The summed E-state index contributed by atoms with van der Waals surface area (Å²) in [6, 6.07) is 9.87. The van der Waals surface area contributed by atoms with Gasteiger partial charge in [0, 0.05) is 10.6 Å². The van der Waals surface area contributed by atoms with E-state index >= 15 is 0 Å². The van der Waals surface area contributed by atoms with Crippen LogP contribution < -0.4 is 4.31 Å². The smallest absolute Gasteiger partial charge is 0.359 e. The molecule has 0 unspecified atom stereocenters. The zero-order chi connectivity index (χ0) is 18.4. The van der Waals surface area contributed by atoms with Crippen molar-refractivity contribution in [1.82, 2.24) is 0 Å². The molecule has 0 saturated carbocycles. The molecule has 0 saturated heterocycles. The molecule has 1 aliphatic rings. The number of anilines is 1. The number of hydrogen-bond donors (Lipinski definition) is 1. The summed E-state index contributed by atoms with van der Waals surface area (Å²) in [5, 5.41) is 10.8. The standard InChI is InChI=1S/C16H11Cl2NO5S/c1-24-16(21)14-15(20)10-4-2-3-5-13(10)25(22,23)19(14)12-7-6-9(17)8-11(12)18/h2-8,20H,1H3. The van der Waals surface area contributed by atoms with Crippen molar-refractivity contribution in [3.05, 3.63) is 63.8 Å². The van der Waals surface area contributed by atoms with Crippen molar-refractivity contribution in [1.29, 1.82) is 0 Å². The SMILES string of the molecule is COC(=O)C1=C(O)c2ccccc2S(=O)(=O)N1c1ccc(Cl)cc1Cl. The van der Waals surface area contributed by atoms with Gasteiger partial charge in [0.15, 0.2) is 11.5 Å². The van der Waals surface area contributed by atoms with Crippen LogP contribution in [0.25, 0.3) is 5.76 Å². The number of aliphatic hydroxyl groups excluding tert-OH is 1. The van der Waals surface area contributed by atoms with Gasteiger partial charge < -0.3 is 9.84 Å². The summed E-state index contributed by atoms with van der Waals surface area (Å²) < 4.78 is 31.5. The maximum Gasteiger partial charge on any atom is 0.359 e. The number of methoxy groups -OCH3 is 1. The van der Waals surface area contributed by atoms with Gasteiger partial charge in [-0.2, -0.15) is 0 Å². The maximum atomic E-state index is 13.1. The Labute approximate surface area is 153 Å². The number of esters is 1. The third-order valence-corrected chi connectivity index (χ3v) is 5.90. The highest BCUT2D eigenvalue weighted by Gasteiger charge is 2.42. The molecule has 2 aromatic rings. The molecule has 130 valence electrons. The van der Waals surface area contributed by atoms with Crippen molar-refractivity contribution in [2.24, 2.45) is 0 Å². The third-order valence-electron chi connectivity index (χ3n) is 3.60. The van der Waals surface area contributed by atoms with E-state index in [0.717, 1.165) is 7.11 Å². The summed E-state index contributed by atoms with van der Waals surface area (Å²) >= 11 is 12.0. The number of rotatable bonds is 2. The molecule has 0 aromatic heterocycles. The van der Waals surface area contributed by atoms with E-state index in [4.69, 9.17) is 23.2 Å². The predicted molar refractivity (Wildman–Crippen MR) is 94.1 cm³/mol. The van der Waals surface area contributed by atoms with Gasteiger partial charge in [0.2, 0.25) is 0 Å². The lowest BCUT2D eigenvalue weighted by atomic mass is 10.1. The van der Waals surface area contributed by atoms with Gasteiger partial charge in [0.25, 0.3) is 10.0 Å². The van der Waals surface area contributed by atoms with Crippen molar-refractivity contribution in [3.8, 4) is 0 Å². The van der Waals surface area contributed by atoms with E-state index in [0.29, 0.717) is 4.31 Å². The van der Waals surface area contributed by atoms with Crippen LogP contribution in [0.2, 0.25) is 10.0 Å². The molecular weight excluding hydrogens is 389 g/mol. The summed E-state index contributed by atoms with van der Waals surface area (Å²) in [4.78, 5) is 12.1. The molecule has 1 heterocycles. The number of halogens is 2. The number of sulfonamides is 1. The summed E-state index contributed by atoms with van der Waals surface area (Å²) in [6.07, 6.45) is 0. The zero-order valence-electron chi connectivity index (χ0n) is 12.7. The fraction of sp³-hybridized carbons (Fsp3) is 0.0625. The van der Waals surface area contributed by atoms with Crippen LogP contribution in [0.4, 0.5) is 5.69 Å². The predicted octanol–water partition coefficient (Wildman–Crippen LogP) is 3.60. The minimum Gasteiger partial charge on any atom is -0.505 e. The quantitative estimate of drug-likeness (QED) is 0.779. The van der Waals surface area contributed by atoms with Crippen molar-refractivity contribution >= 4 is 50.6 Å². The fourth-order valence-electron chi connectivity index (χ4n) is 2.50. The van der Waals surface area contributed by atoms with E-state index in [-0.39, 0.29) is 26.2 Å². The van der Waals surface area contributed by atoms with Crippen LogP contribution in [0.5, 0.6) is 0 Å². The minimum absolute atomic E-state index is 0.00392. The monoisotopic (exact) mass is 399 g/mol. The molecule has 6 nitrogen and oxygen atoms in total.